The lowest BCUT2D eigenvalue weighted by Crippen LogP contribution is -2.43. The Labute approximate surface area is 176 Å². The number of halogens is 2. The molecule has 1 N–H and O–H groups in total. The standard InChI is InChI=1S/C23H26ClFN2O2/c1-16-6-7-17(14-21(16)25)15-26-23(29)19-10-12-27(13-11-19)22(28)9-8-18-4-2-3-5-20(18)24/h2-7,14,19H,8-13,15H2,1H3,(H,26,29). The number of carbonyl (C=O) groups excluding carboxylic acids is 2. The number of hydrogen-bond donors (Lipinski definition) is 1. The molecule has 154 valence electrons. The van der Waals surface area contributed by atoms with Gasteiger partial charge in [0.15, 0.2) is 0 Å². The zero-order chi connectivity index (χ0) is 20.8. The summed E-state index contributed by atoms with van der Waals surface area (Å²) in [5.41, 5.74) is 2.31. The highest BCUT2D eigenvalue weighted by Crippen LogP contribution is 2.21. The zero-order valence-electron chi connectivity index (χ0n) is 16.6. The van der Waals surface area contributed by atoms with Crippen molar-refractivity contribution in [2.24, 2.45) is 5.92 Å². The zero-order valence-corrected chi connectivity index (χ0v) is 17.3. The van der Waals surface area contributed by atoms with Crippen LogP contribution in [0.5, 0.6) is 0 Å². The van der Waals surface area contributed by atoms with Gasteiger partial charge in [0.2, 0.25) is 11.8 Å². The molecule has 1 aliphatic rings. The molecule has 1 saturated heterocycles. The average molecular weight is 417 g/mol. The summed E-state index contributed by atoms with van der Waals surface area (Å²) in [5.74, 6) is -0.314. The van der Waals surface area contributed by atoms with E-state index in [0.717, 1.165) is 11.1 Å². The second kappa shape index (κ2) is 9.88. The Hall–Kier alpha value is -2.40. The van der Waals surface area contributed by atoms with Crippen molar-refractivity contribution in [3.8, 4) is 0 Å². The summed E-state index contributed by atoms with van der Waals surface area (Å²) in [6, 6.07) is 12.5. The van der Waals surface area contributed by atoms with Gasteiger partial charge in [0.05, 0.1) is 0 Å². The number of benzene rings is 2. The molecule has 0 bridgehead atoms. The second-order valence-electron chi connectivity index (χ2n) is 7.55. The Morgan fingerprint density at radius 2 is 1.90 bits per heavy atom. The number of likely N-dealkylation sites (tertiary alicyclic amines) is 1. The first-order valence-electron chi connectivity index (χ1n) is 9.98. The molecule has 1 aliphatic heterocycles. The highest BCUT2D eigenvalue weighted by atomic mass is 35.5. The molecular formula is C23H26ClFN2O2. The number of nitrogens with one attached hydrogen (secondary N) is 1. The van der Waals surface area contributed by atoms with Gasteiger partial charge in [0.25, 0.3) is 0 Å². The van der Waals surface area contributed by atoms with E-state index in [2.05, 4.69) is 5.32 Å². The molecule has 1 fully saturated rings. The molecule has 2 aromatic carbocycles. The summed E-state index contributed by atoms with van der Waals surface area (Å²) in [5, 5.41) is 3.57. The van der Waals surface area contributed by atoms with Gasteiger partial charge in [0, 0.05) is 37.0 Å². The Morgan fingerprint density at radius 3 is 2.59 bits per heavy atom. The van der Waals surface area contributed by atoms with E-state index in [0.29, 0.717) is 55.9 Å². The maximum Gasteiger partial charge on any atom is 0.223 e. The van der Waals surface area contributed by atoms with Gasteiger partial charge in [0.1, 0.15) is 5.82 Å². The fourth-order valence-electron chi connectivity index (χ4n) is 3.57. The van der Waals surface area contributed by atoms with Gasteiger partial charge < -0.3 is 10.2 Å². The molecule has 3 rings (SSSR count). The molecule has 4 nitrogen and oxygen atoms in total. The van der Waals surface area contributed by atoms with Gasteiger partial charge >= 0.3 is 0 Å². The van der Waals surface area contributed by atoms with Gasteiger partial charge in [-0.25, -0.2) is 4.39 Å². The number of hydrogen-bond acceptors (Lipinski definition) is 2. The third kappa shape index (κ3) is 5.80. The van der Waals surface area contributed by atoms with Crippen LogP contribution in [0.1, 0.15) is 36.0 Å². The van der Waals surface area contributed by atoms with E-state index >= 15 is 0 Å². The number of carbonyl (C=O) groups is 2. The summed E-state index contributed by atoms with van der Waals surface area (Å²) in [7, 11) is 0. The van der Waals surface area contributed by atoms with E-state index in [1.54, 1.807) is 13.0 Å². The van der Waals surface area contributed by atoms with Crippen LogP contribution < -0.4 is 5.32 Å². The van der Waals surface area contributed by atoms with E-state index in [9.17, 15) is 14.0 Å². The highest BCUT2D eigenvalue weighted by molar-refractivity contribution is 6.31. The third-order valence-corrected chi connectivity index (χ3v) is 5.86. The van der Waals surface area contributed by atoms with Crippen LogP contribution in [0.15, 0.2) is 42.5 Å². The molecule has 0 atom stereocenters. The first-order valence-corrected chi connectivity index (χ1v) is 10.4. The topological polar surface area (TPSA) is 49.4 Å². The Morgan fingerprint density at radius 1 is 1.17 bits per heavy atom. The number of rotatable bonds is 6. The molecule has 0 unspecified atom stereocenters. The van der Waals surface area contributed by atoms with Crippen LogP contribution in [-0.2, 0) is 22.6 Å². The first-order chi connectivity index (χ1) is 13.9. The summed E-state index contributed by atoms with van der Waals surface area (Å²) in [4.78, 5) is 26.7. The van der Waals surface area contributed by atoms with E-state index in [1.165, 1.54) is 6.07 Å². The van der Waals surface area contributed by atoms with Crippen molar-refractivity contribution in [2.75, 3.05) is 13.1 Å². The van der Waals surface area contributed by atoms with Crippen molar-refractivity contribution in [1.82, 2.24) is 10.2 Å². The number of aryl methyl sites for hydroxylation is 2. The first kappa shape index (κ1) is 21.3. The molecule has 0 radical (unpaired) electrons. The molecule has 2 amide bonds. The van der Waals surface area contributed by atoms with Crippen LogP contribution in [0.25, 0.3) is 0 Å². The van der Waals surface area contributed by atoms with Gasteiger partial charge in [-0.15, -0.1) is 0 Å². The molecule has 2 aromatic rings. The maximum atomic E-state index is 13.6. The van der Waals surface area contributed by atoms with Crippen LogP contribution in [-0.4, -0.2) is 29.8 Å². The summed E-state index contributed by atoms with van der Waals surface area (Å²) in [6.45, 7) is 3.19. The van der Waals surface area contributed by atoms with E-state index in [-0.39, 0.29) is 23.5 Å². The van der Waals surface area contributed by atoms with E-state index in [1.807, 2.05) is 35.2 Å². The molecule has 1 heterocycles. The summed E-state index contributed by atoms with van der Waals surface area (Å²) in [6.07, 6.45) is 2.32. The maximum absolute atomic E-state index is 13.6. The molecule has 29 heavy (non-hydrogen) atoms. The largest absolute Gasteiger partial charge is 0.352 e. The fraction of sp³-hybridized carbons (Fsp3) is 0.391. The van der Waals surface area contributed by atoms with Crippen LogP contribution >= 0.6 is 11.6 Å². The van der Waals surface area contributed by atoms with E-state index < -0.39 is 0 Å². The summed E-state index contributed by atoms with van der Waals surface area (Å²) < 4.78 is 13.6. The van der Waals surface area contributed by atoms with Crippen molar-refractivity contribution >= 4 is 23.4 Å². The number of piperidine rings is 1. The molecule has 0 spiro atoms. The predicted molar refractivity (Wildman–Crippen MR) is 112 cm³/mol. The van der Waals surface area contributed by atoms with Crippen molar-refractivity contribution < 1.29 is 14.0 Å². The third-order valence-electron chi connectivity index (χ3n) is 5.49. The van der Waals surface area contributed by atoms with Gasteiger partial charge in [-0.2, -0.15) is 0 Å². The molecule has 0 aliphatic carbocycles. The number of nitrogens with zero attached hydrogens (tertiary/aromatic N) is 1. The SMILES string of the molecule is Cc1ccc(CNC(=O)C2CCN(C(=O)CCc3ccccc3Cl)CC2)cc1F. The lowest BCUT2D eigenvalue weighted by atomic mass is 9.95. The smallest absolute Gasteiger partial charge is 0.223 e. The monoisotopic (exact) mass is 416 g/mol. The minimum atomic E-state index is -0.264. The van der Waals surface area contributed by atoms with Gasteiger partial charge in [-0.05, 0) is 55.0 Å². The minimum Gasteiger partial charge on any atom is -0.352 e. The molecular weight excluding hydrogens is 391 g/mol. The van der Waals surface area contributed by atoms with Gasteiger partial charge in [-0.3, -0.25) is 9.59 Å². The lowest BCUT2D eigenvalue weighted by Gasteiger charge is -2.31. The van der Waals surface area contributed by atoms with E-state index in [4.69, 9.17) is 11.6 Å². The van der Waals surface area contributed by atoms with Crippen molar-refractivity contribution in [3.63, 3.8) is 0 Å². The fourth-order valence-corrected chi connectivity index (χ4v) is 3.80. The van der Waals surface area contributed by atoms with Crippen molar-refractivity contribution in [2.45, 2.75) is 39.2 Å². The predicted octanol–water partition coefficient (Wildman–Crippen LogP) is 4.28. The molecule has 0 aromatic heterocycles. The quantitative estimate of drug-likeness (QED) is 0.764. The van der Waals surface area contributed by atoms with Crippen LogP contribution in [0.3, 0.4) is 0 Å². The Balaban J connectivity index is 1.42. The minimum absolute atomic E-state index is 0.0332. The summed E-state index contributed by atoms with van der Waals surface area (Å²) >= 11 is 6.15. The van der Waals surface area contributed by atoms with Crippen molar-refractivity contribution in [3.05, 3.63) is 70.0 Å². The normalized spacial score (nSPS) is 14.7. The van der Waals surface area contributed by atoms with Crippen LogP contribution in [0.4, 0.5) is 4.39 Å². The van der Waals surface area contributed by atoms with Crippen LogP contribution in [0, 0.1) is 18.7 Å². The average Bonchev–Trinajstić information content (AvgIpc) is 2.73. The number of amides is 2. The second-order valence-corrected chi connectivity index (χ2v) is 7.96. The Kier molecular flexibility index (Phi) is 7.26. The van der Waals surface area contributed by atoms with Gasteiger partial charge in [-0.1, -0.05) is 41.9 Å². The van der Waals surface area contributed by atoms with Crippen molar-refractivity contribution in [1.29, 1.82) is 0 Å². The molecule has 6 heteroatoms. The Bertz CT molecular complexity index is 879. The highest BCUT2D eigenvalue weighted by Gasteiger charge is 2.27. The lowest BCUT2D eigenvalue weighted by molar-refractivity contribution is -0.135. The van der Waals surface area contributed by atoms with Crippen LogP contribution in [0.2, 0.25) is 5.02 Å². The molecule has 0 saturated carbocycles.